The predicted molar refractivity (Wildman–Crippen MR) is 61.6 cm³/mol. The highest BCUT2D eigenvalue weighted by Crippen LogP contribution is 2.34. The fraction of sp³-hybridized carbons (Fsp3) is 0.214. The molecule has 0 N–H and O–H groups in total. The van der Waals surface area contributed by atoms with Crippen LogP contribution in [0.25, 0.3) is 0 Å². The van der Waals surface area contributed by atoms with Crippen LogP contribution < -0.4 is 0 Å². The summed E-state index contributed by atoms with van der Waals surface area (Å²) in [5, 5.41) is 0. The topological polar surface area (TPSA) is 39.4 Å². The Balaban J connectivity index is 1.78. The van der Waals surface area contributed by atoms with Crippen LogP contribution in [0.4, 0.5) is 0 Å². The van der Waals surface area contributed by atoms with Crippen LogP contribution in [0.3, 0.4) is 0 Å². The van der Waals surface area contributed by atoms with Crippen molar-refractivity contribution in [3.8, 4) is 0 Å². The molecule has 1 aromatic heterocycles. The zero-order valence-electron chi connectivity index (χ0n) is 9.26. The summed E-state index contributed by atoms with van der Waals surface area (Å²) in [6, 6.07) is 11.4. The Morgan fingerprint density at radius 2 is 2.12 bits per heavy atom. The molecule has 0 fully saturated rings. The Kier molecular flexibility index (Phi) is 2.44. The maximum Gasteiger partial charge on any atom is 0.374 e. The molecule has 1 atom stereocenters. The molecule has 1 heterocycles. The minimum absolute atomic E-state index is 0.135. The Bertz CT molecular complexity index is 528. The second kappa shape index (κ2) is 4.09. The molecule has 0 saturated carbocycles. The van der Waals surface area contributed by atoms with E-state index in [1.807, 2.05) is 18.2 Å². The first-order chi connectivity index (χ1) is 8.34. The molecule has 1 aliphatic rings. The maximum atomic E-state index is 11.8. The van der Waals surface area contributed by atoms with E-state index in [0.29, 0.717) is 0 Å². The highest BCUT2D eigenvalue weighted by molar-refractivity contribution is 5.86. The van der Waals surface area contributed by atoms with Gasteiger partial charge in [0.15, 0.2) is 0 Å². The van der Waals surface area contributed by atoms with Crippen molar-refractivity contribution in [3.63, 3.8) is 0 Å². The third kappa shape index (κ3) is 1.84. The highest BCUT2D eigenvalue weighted by atomic mass is 16.6. The molecule has 0 radical (unpaired) electrons. The largest absolute Gasteiger partial charge is 0.457 e. The second-order valence-electron chi connectivity index (χ2n) is 4.11. The fourth-order valence-corrected chi connectivity index (χ4v) is 2.22. The lowest BCUT2D eigenvalue weighted by Gasteiger charge is -2.11. The first kappa shape index (κ1) is 10.1. The molecule has 3 heteroatoms. The number of esters is 1. The van der Waals surface area contributed by atoms with Gasteiger partial charge in [-0.15, -0.1) is 0 Å². The predicted octanol–water partition coefficient (Wildman–Crippen LogP) is 3.12. The lowest BCUT2D eigenvalue weighted by atomic mass is 10.1. The SMILES string of the molecule is O=C(OC1CCc2ccccc21)c1ccco1. The number of furan rings is 1. The normalized spacial score (nSPS) is 17.8. The summed E-state index contributed by atoms with van der Waals surface area (Å²) in [6.45, 7) is 0. The van der Waals surface area contributed by atoms with Crippen LogP contribution in [0.1, 0.15) is 34.2 Å². The maximum absolute atomic E-state index is 11.8. The standard InChI is InChI=1S/C14H12O3/c15-14(13-6-3-9-16-13)17-12-8-7-10-4-1-2-5-11(10)12/h1-6,9,12H,7-8H2. The van der Waals surface area contributed by atoms with Gasteiger partial charge in [-0.05, 0) is 36.1 Å². The van der Waals surface area contributed by atoms with Gasteiger partial charge in [0.2, 0.25) is 5.76 Å². The van der Waals surface area contributed by atoms with Crippen LogP contribution in [0.2, 0.25) is 0 Å². The molecule has 1 unspecified atom stereocenters. The van der Waals surface area contributed by atoms with Crippen molar-refractivity contribution in [1.29, 1.82) is 0 Å². The number of rotatable bonds is 2. The smallest absolute Gasteiger partial charge is 0.374 e. The van der Waals surface area contributed by atoms with Gasteiger partial charge in [0, 0.05) is 0 Å². The van der Waals surface area contributed by atoms with E-state index < -0.39 is 5.97 Å². The van der Waals surface area contributed by atoms with Gasteiger partial charge in [0.25, 0.3) is 0 Å². The molecule has 0 saturated heterocycles. The molecule has 2 aromatic rings. The van der Waals surface area contributed by atoms with Crippen molar-refractivity contribution in [2.45, 2.75) is 18.9 Å². The molecular weight excluding hydrogens is 216 g/mol. The molecule has 0 aliphatic heterocycles. The van der Waals surface area contributed by atoms with Crippen molar-refractivity contribution in [1.82, 2.24) is 0 Å². The van der Waals surface area contributed by atoms with E-state index >= 15 is 0 Å². The number of carbonyl (C=O) groups excluding carboxylic acids is 1. The summed E-state index contributed by atoms with van der Waals surface area (Å²) in [7, 11) is 0. The monoisotopic (exact) mass is 228 g/mol. The third-order valence-electron chi connectivity index (χ3n) is 3.05. The van der Waals surface area contributed by atoms with Gasteiger partial charge in [-0.2, -0.15) is 0 Å². The Morgan fingerprint density at radius 3 is 2.94 bits per heavy atom. The van der Waals surface area contributed by atoms with Gasteiger partial charge in [-0.3, -0.25) is 0 Å². The zero-order chi connectivity index (χ0) is 11.7. The van der Waals surface area contributed by atoms with Crippen LogP contribution in [0.5, 0.6) is 0 Å². The first-order valence-corrected chi connectivity index (χ1v) is 5.67. The Hall–Kier alpha value is -2.03. The van der Waals surface area contributed by atoms with Gasteiger partial charge >= 0.3 is 5.97 Å². The summed E-state index contributed by atoms with van der Waals surface area (Å²) in [5.74, 6) is -0.133. The van der Waals surface area contributed by atoms with Crippen molar-refractivity contribution in [2.75, 3.05) is 0 Å². The second-order valence-corrected chi connectivity index (χ2v) is 4.11. The summed E-state index contributed by atoms with van der Waals surface area (Å²) >= 11 is 0. The summed E-state index contributed by atoms with van der Waals surface area (Å²) in [4.78, 5) is 11.8. The molecule has 1 aromatic carbocycles. The van der Waals surface area contributed by atoms with Crippen LogP contribution in [0, 0.1) is 0 Å². The van der Waals surface area contributed by atoms with Crippen LogP contribution in [0.15, 0.2) is 47.1 Å². The fourth-order valence-electron chi connectivity index (χ4n) is 2.22. The Morgan fingerprint density at radius 1 is 1.24 bits per heavy atom. The van der Waals surface area contributed by atoms with E-state index in [4.69, 9.17) is 9.15 Å². The van der Waals surface area contributed by atoms with E-state index in [9.17, 15) is 4.79 Å². The average Bonchev–Trinajstić information content (AvgIpc) is 2.98. The van der Waals surface area contributed by atoms with E-state index in [1.54, 1.807) is 12.1 Å². The number of fused-ring (bicyclic) bond motifs is 1. The minimum atomic E-state index is -0.392. The summed E-state index contributed by atoms with van der Waals surface area (Å²) < 4.78 is 10.5. The number of aryl methyl sites for hydroxylation is 1. The summed E-state index contributed by atoms with van der Waals surface area (Å²) in [6.07, 6.45) is 3.15. The first-order valence-electron chi connectivity index (χ1n) is 5.67. The van der Waals surface area contributed by atoms with E-state index in [-0.39, 0.29) is 11.9 Å². The molecule has 0 amide bonds. The molecular formula is C14H12O3. The van der Waals surface area contributed by atoms with Gasteiger partial charge in [0.05, 0.1) is 6.26 Å². The summed E-state index contributed by atoms with van der Waals surface area (Å²) in [5.41, 5.74) is 2.39. The van der Waals surface area contributed by atoms with E-state index in [2.05, 4.69) is 6.07 Å². The number of ether oxygens (including phenoxy) is 1. The zero-order valence-corrected chi connectivity index (χ0v) is 9.26. The van der Waals surface area contributed by atoms with Crippen molar-refractivity contribution in [3.05, 3.63) is 59.5 Å². The molecule has 3 rings (SSSR count). The van der Waals surface area contributed by atoms with Crippen LogP contribution in [-0.2, 0) is 11.2 Å². The van der Waals surface area contributed by atoms with Gasteiger partial charge in [0.1, 0.15) is 6.10 Å². The average molecular weight is 228 g/mol. The molecule has 0 spiro atoms. The Labute approximate surface area is 99.0 Å². The van der Waals surface area contributed by atoms with Crippen LogP contribution in [-0.4, -0.2) is 5.97 Å². The van der Waals surface area contributed by atoms with Gasteiger partial charge < -0.3 is 9.15 Å². The van der Waals surface area contributed by atoms with Gasteiger partial charge in [-0.1, -0.05) is 24.3 Å². The number of carbonyl (C=O) groups is 1. The highest BCUT2D eigenvalue weighted by Gasteiger charge is 2.26. The number of benzene rings is 1. The number of hydrogen-bond acceptors (Lipinski definition) is 3. The minimum Gasteiger partial charge on any atom is -0.457 e. The molecule has 17 heavy (non-hydrogen) atoms. The molecule has 3 nitrogen and oxygen atoms in total. The molecule has 0 bridgehead atoms. The van der Waals surface area contributed by atoms with E-state index in [1.165, 1.54) is 11.8 Å². The van der Waals surface area contributed by atoms with Crippen molar-refractivity contribution in [2.24, 2.45) is 0 Å². The third-order valence-corrected chi connectivity index (χ3v) is 3.05. The quantitative estimate of drug-likeness (QED) is 0.741. The van der Waals surface area contributed by atoms with Crippen LogP contribution >= 0.6 is 0 Å². The van der Waals surface area contributed by atoms with Crippen molar-refractivity contribution < 1.29 is 13.9 Å². The molecule has 86 valence electrons. The van der Waals surface area contributed by atoms with Crippen molar-refractivity contribution >= 4 is 5.97 Å². The number of hydrogen-bond donors (Lipinski definition) is 0. The lowest BCUT2D eigenvalue weighted by Crippen LogP contribution is -2.08. The van der Waals surface area contributed by atoms with Gasteiger partial charge in [-0.25, -0.2) is 4.79 Å². The van der Waals surface area contributed by atoms with E-state index in [0.717, 1.165) is 18.4 Å². The molecule has 1 aliphatic carbocycles. The lowest BCUT2D eigenvalue weighted by molar-refractivity contribution is 0.0265.